The first-order valence-corrected chi connectivity index (χ1v) is 5.35. The van der Waals surface area contributed by atoms with Crippen LogP contribution in [0.4, 0.5) is 0 Å². The van der Waals surface area contributed by atoms with E-state index in [1.54, 1.807) is 18.3 Å². The van der Waals surface area contributed by atoms with Crippen molar-refractivity contribution in [3.05, 3.63) is 72.8 Å². The monoisotopic (exact) mass is 224 g/mol. The molecule has 0 radical (unpaired) electrons. The maximum absolute atomic E-state index is 4.08. The van der Waals surface area contributed by atoms with E-state index in [0.717, 1.165) is 17.0 Å². The van der Waals surface area contributed by atoms with Crippen LogP contribution in [0.1, 0.15) is 17.0 Å². The van der Waals surface area contributed by atoms with Crippen molar-refractivity contribution < 1.29 is 0 Å². The summed E-state index contributed by atoms with van der Waals surface area (Å²) in [6, 6.07) is 9.69. The quantitative estimate of drug-likeness (QED) is 0.776. The zero-order valence-corrected chi connectivity index (χ0v) is 10.0. The fourth-order valence-electron chi connectivity index (χ4n) is 1.10. The van der Waals surface area contributed by atoms with E-state index in [4.69, 9.17) is 0 Å². The summed E-state index contributed by atoms with van der Waals surface area (Å²) in [5, 5.41) is 0. The molecule has 2 heterocycles. The number of pyridine rings is 2. The summed E-state index contributed by atoms with van der Waals surface area (Å²) in [6.07, 6.45) is 7.06. The molecule has 17 heavy (non-hydrogen) atoms. The molecule has 2 nitrogen and oxygen atoms in total. The highest BCUT2D eigenvalue weighted by Crippen LogP contribution is 1.98. The number of hydrogen-bond acceptors (Lipinski definition) is 2. The lowest BCUT2D eigenvalue weighted by atomic mass is 10.2. The van der Waals surface area contributed by atoms with Crippen LogP contribution < -0.4 is 0 Å². The van der Waals surface area contributed by atoms with Crippen LogP contribution in [0.2, 0.25) is 0 Å². The molecule has 86 valence electrons. The Bertz CT molecular complexity index is 458. The van der Waals surface area contributed by atoms with Crippen molar-refractivity contribution in [2.45, 2.75) is 6.92 Å². The molecule has 0 unspecified atom stereocenters. The average molecular weight is 224 g/mol. The smallest absolute Gasteiger partial charge is 0.0623 e. The van der Waals surface area contributed by atoms with Gasteiger partial charge < -0.3 is 0 Å². The molecule has 0 aliphatic heterocycles. The molecule has 2 heteroatoms. The van der Waals surface area contributed by atoms with Crippen LogP contribution >= 0.6 is 0 Å². The molecule has 0 aliphatic carbocycles. The van der Waals surface area contributed by atoms with Gasteiger partial charge in [0.15, 0.2) is 0 Å². The van der Waals surface area contributed by atoms with Gasteiger partial charge in [-0.1, -0.05) is 31.4 Å². The standard InChI is InChI=1S/C8H9N.C7H7N/c1-3-8-5-4-7(2)9-6-8;1-2-7-5-3-4-6-8-7/h3-6H,1H2,2H3;2-6H,1H2. The molecule has 0 saturated carbocycles. The Kier molecular flexibility index (Phi) is 5.38. The van der Waals surface area contributed by atoms with Crippen molar-refractivity contribution in [1.82, 2.24) is 9.97 Å². The second-order valence-corrected chi connectivity index (χ2v) is 3.40. The van der Waals surface area contributed by atoms with Gasteiger partial charge in [-0.2, -0.15) is 0 Å². The third-order valence-electron chi connectivity index (χ3n) is 2.07. The molecular formula is C15H16N2. The van der Waals surface area contributed by atoms with Crippen LogP contribution in [0.15, 0.2) is 55.9 Å². The van der Waals surface area contributed by atoms with Crippen molar-refractivity contribution in [3.8, 4) is 0 Å². The molecule has 0 amide bonds. The maximum Gasteiger partial charge on any atom is 0.0623 e. The maximum atomic E-state index is 4.08. The third kappa shape index (κ3) is 4.89. The fraction of sp³-hybridized carbons (Fsp3) is 0.0667. The predicted octanol–water partition coefficient (Wildman–Crippen LogP) is 3.76. The van der Waals surface area contributed by atoms with E-state index in [0.29, 0.717) is 0 Å². The minimum Gasteiger partial charge on any atom is -0.261 e. The van der Waals surface area contributed by atoms with Gasteiger partial charge >= 0.3 is 0 Å². The van der Waals surface area contributed by atoms with E-state index in [2.05, 4.69) is 23.1 Å². The first-order chi connectivity index (χ1) is 8.26. The number of rotatable bonds is 2. The van der Waals surface area contributed by atoms with E-state index >= 15 is 0 Å². The second-order valence-electron chi connectivity index (χ2n) is 3.40. The second kappa shape index (κ2) is 7.12. The van der Waals surface area contributed by atoms with Crippen molar-refractivity contribution in [2.24, 2.45) is 0 Å². The van der Waals surface area contributed by atoms with Gasteiger partial charge in [0.05, 0.1) is 5.69 Å². The molecule has 0 fully saturated rings. The number of nitrogens with zero attached hydrogens (tertiary/aromatic N) is 2. The van der Waals surface area contributed by atoms with Crippen molar-refractivity contribution in [1.29, 1.82) is 0 Å². The third-order valence-corrected chi connectivity index (χ3v) is 2.07. The predicted molar refractivity (Wildman–Crippen MR) is 73.4 cm³/mol. The first-order valence-electron chi connectivity index (χ1n) is 5.35. The SMILES string of the molecule is C=Cc1ccc(C)nc1.C=Cc1ccccn1. The highest BCUT2D eigenvalue weighted by atomic mass is 14.7. The Labute approximate surface area is 102 Å². The molecule has 0 spiro atoms. The van der Waals surface area contributed by atoms with Gasteiger partial charge in [-0.15, -0.1) is 0 Å². The van der Waals surface area contributed by atoms with Crippen LogP contribution in [-0.2, 0) is 0 Å². The van der Waals surface area contributed by atoms with Gasteiger partial charge in [0, 0.05) is 18.1 Å². The minimum absolute atomic E-state index is 0.924. The van der Waals surface area contributed by atoms with Gasteiger partial charge in [-0.25, -0.2) is 0 Å². The van der Waals surface area contributed by atoms with E-state index < -0.39 is 0 Å². The summed E-state index contributed by atoms with van der Waals surface area (Å²) in [5.74, 6) is 0. The average Bonchev–Trinajstić information content (AvgIpc) is 2.41. The number of hydrogen-bond donors (Lipinski definition) is 0. The Balaban J connectivity index is 0.000000171. The van der Waals surface area contributed by atoms with Gasteiger partial charge in [0.2, 0.25) is 0 Å². The van der Waals surface area contributed by atoms with Crippen LogP contribution in [-0.4, -0.2) is 9.97 Å². The van der Waals surface area contributed by atoms with Crippen molar-refractivity contribution >= 4 is 12.2 Å². The van der Waals surface area contributed by atoms with Crippen molar-refractivity contribution in [3.63, 3.8) is 0 Å². The van der Waals surface area contributed by atoms with E-state index in [1.807, 2.05) is 43.5 Å². The van der Waals surface area contributed by atoms with Gasteiger partial charge in [-0.3, -0.25) is 9.97 Å². The Hall–Kier alpha value is -2.22. The summed E-state index contributed by atoms with van der Waals surface area (Å²) in [7, 11) is 0. The highest BCUT2D eigenvalue weighted by molar-refractivity contribution is 5.44. The summed E-state index contributed by atoms with van der Waals surface area (Å²) in [6.45, 7) is 9.15. The normalized spacial score (nSPS) is 8.76. The zero-order valence-electron chi connectivity index (χ0n) is 10.0. The van der Waals surface area contributed by atoms with Crippen LogP contribution in [0.3, 0.4) is 0 Å². The topological polar surface area (TPSA) is 25.8 Å². The first kappa shape index (κ1) is 12.8. The van der Waals surface area contributed by atoms with Gasteiger partial charge in [0.25, 0.3) is 0 Å². The van der Waals surface area contributed by atoms with Crippen molar-refractivity contribution in [2.75, 3.05) is 0 Å². The summed E-state index contributed by atoms with van der Waals surface area (Å²) >= 11 is 0. The van der Waals surface area contributed by atoms with Gasteiger partial charge in [-0.05, 0) is 36.8 Å². The number of aryl methyl sites for hydroxylation is 1. The Morgan fingerprint density at radius 2 is 1.82 bits per heavy atom. The lowest BCUT2D eigenvalue weighted by molar-refractivity contribution is 1.19. The minimum atomic E-state index is 0.924. The molecule has 0 N–H and O–H groups in total. The Morgan fingerprint density at radius 3 is 2.24 bits per heavy atom. The molecule has 0 saturated heterocycles. The molecule has 2 aromatic rings. The lowest BCUT2D eigenvalue weighted by Crippen LogP contribution is -1.78. The highest BCUT2D eigenvalue weighted by Gasteiger charge is 1.83. The molecule has 2 aromatic heterocycles. The number of aromatic nitrogens is 2. The Morgan fingerprint density at radius 1 is 1.00 bits per heavy atom. The summed E-state index contributed by atoms with van der Waals surface area (Å²) in [4.78, 5) is 8.06. The lowest BCUT2D eigenvalue weighted by Gasteiger charge is -1.90. The van der Waals surface area contributed by atoms with Gasteiger partial charge in [0.1, 0.15) is 0 Å². The largest absolute Gasteiger partial charge is 0.261 e. The van der Waals surface area contributed by atoms with Crippen LogP contribution in [0.25, 0.3) is 12.2 Å². The van der Waals surface area contributed by atoms with Crippen LogP contribution in [0, 0.1) is 6.92 Å². The fourth-order valence-corrected chi connectivity index (χ4v) is 1.10. The summed E-state index contributed by atoms with van der Waals surface area (Å²) < 4.78 is 0. The zero-order chi connectivity index (χ0) is 12.5. The molecule has 0 atom stereocenters. The van der Waals surface area contributed by atoms with E-state index in [-0.39, 0.29) is 0 Å². The summed E-state index contributed by atoms with van der Waals surface area (Å²) in [5.41, 5.74) is 3.04. The molecular weight excluding hydrogens is 208 g/mol. The molecule has 0 aliphatic rings. The molecule has 0 aromatic carbocycles. The van der Waals surface area contributed by atoms with E-state index in [9.17, 15) is 0 Å². The van der Waals surface area contributed by atoms with Crippen LogP contribution in [0.5, 0.6) is 0 Å². The molecule has 0 bridgehead atoms. The van der Waals surface area contributed by atoms with E-state index in [1.165, 1.54) is 0 Å². The molecule has 2 rings (SSSR count).